The quantitative estimate of drug-likeness (QED) is 0.288. The zero-order valence-electron chi connectivity index (χ0n) is 17.2. The van der Waals surface area contributed by atoms with Gasteiger partial charge in [0.05, 0.1) is 19.8 Å². The van der Waals surface area contributed by atoms with Gasteiger partial charge >= 0.3 is 5.97 Å². The molecule has 0 aliphatic heterocycles. The van der Waals surface area contributed by atoms with Crippen molar-refractivity contribution in [1.82, 2.24) is 0 Å². The molecule has 6 nitrogen and oxygen atoms in total. The Bertz CT molecular complexity index is 624. The molecule has 27 heavy (non-hydrogen) atoms. The fourth-order valence-corrected chi connectivity index (χ4v) is 2.48. The van der Waals surface area contributed by atoms with E-state index in [0.717, 1.165) is 18.4 Å². The van der Waals surface area contributed by atoms with Crippen LogP contribution >= 0.6 is 0 Å². The molecule has 0 unspecified atom stereocenters. The largest absolute Gasteiger partial charge is 0.490 e. The van der Waals surface area contributed by atoms with Gasteiger partial charge in [-0.1, -0.05) is 19.9 Å². The van der Waals surface area contributed by atoms with Crippen molar-refractivity contribution in [3.8, 4) is 23.0 Å². The molecule has 0 aliphatic carbocycles. The van der Waals surface area contributed by atoms with Gasteiger partial charge in [-0.3, -0.25) is 0 Å². The number of benzene rings is 1. The Balaban J connectivity index is 3.17. The van der Waals surface area contributed by atoms with Crippen molar-refractivity contribution >= 4 is 5.97 Å². The topological polar surface area (TPSA) is 63.2 Å². The summed E-state index contributed by atoms with van der Waals surface area (Å²) in [6, 6.07) is 1.94. The molecule has 6 heteroatoms. The predicted molar refractivity (Wildman–Crippen MR) is 105 cm³/mol. The summed E-state index contributed by atoms with van der Waals surface area (Å²) in [6.07, 6.45) is 1.81. The number of ether oxygens (including phenoxy) is 5. The molecule has 0 heterocycles. The number of carbonyl (C=O) groups excluding carboxylic acids is 1. The summed E-state index contributed by atoms with van der Waals surface area (Å²) in [5, 5.41) is 0. The van der Waals surface area contributed by atoms with Crippen LogP contribution in [0.2, 0.25) is 0 Å². The molecule has 0 aromatic heterocycles. The predicted octanol–water partition coefficient (Wildman–Crippen LogP) is 4.33. The maximum absolute atomic E-state index is 11.5. The summed E-state index contributed by atoms with van der Waals surface area (Å²) < 4.78 is 28.5. The van der Waals surface area contributed by atoms with E-state index in [1.807, 2.05) is 26.8 Å². The van der Waals surface area contributed by atoms with Crippen LogP contribution in [0.5, 0.6) is 23.0 Å². The minimum absolute atomic E-state index is 0.101. The van der Waals surface area contributed by atoms with Crippen molar-refractivity contribution in [2.45, 2.75) is 47.5 Å². The summed E-state index contributed by atoms with van der Waals surface area (Å²) in [6.45, 7) is 14.7. The average Bonchev–Trinajstić information content (AvgIpc) is 2.63. The SMILES string of the molecule is C=C(C)C(=O)OCCOc1c(OCC)cc(CCC)c(OCC)c1OCC. The molecule has 1 aromatic carbocycles. The highest BCUT2D eigenvalue weighted by atomic mass is 16.6. The van der Waals surface area contributed by atoms with Gasteiger partial charge in [0.25, 0.3) is 0 Å². The van der Waals surface area contributed by atoms with Crippen molar-refractivity contribution in [3.05, 3.63) is 23.8 Å². The van der Waals surface area contributed by atoms with E-state index in [2.05, 4.69) is 13.5 Å². The number of rotatable bonds is 13. The van der Waals surface area contributed by atoms with Crippen molar-refractivity contribution in [2.24, 2.45) is 0 Å². The van der Waals surface area contributed by atoms with Crippen LogP contribution < -0.4 is 18.9 Å². The lowest BCUT2D eigenvalue weighted by Crippen LogP contribution is -2.14. The molecule has 0 fully saturated rings. The molecule has 0 amide bonds. The van der Waals surface area contributed by atoms with Crippen molar-refractivity contribution in [2.75, 3.05) is 33.0 Å². The second-order valence-electron chi connectivity index (χ2n) is 5.83. The first kappa shape index (κ1) is 22.7. The highest BCUT2D eigenvalue weighted by Crippen LogP contribution is 2.47. The van der Waals surface area contributed by atoms with Crippen molar-refractivity contribution in [1.29, 1.82) is 0 Å². The van der Waals surface area contributed by atoms with E-state index < -0.39 is 5.97 Å². The normalized spacial score (nSPS) is 10.3. The maximum Gasteiger partial charge on any atom is 0.333 e. The third-order valence-corrected chi connectivity index (χ3v) is 3.54. The van der Waals surface area contributed by atoms with Crippen LogP contribution in [0.15, 0.2) is 18.2 Å². The third-order valence-electron chi connectivity index (χ3n) is 3.54. The van der Waals surface area contributed by atoms with Gasteiger partial charge in [0.15, 0.2) is 11.5 Å². The van der Waals surface area contributed by atoms with Gasteiger partial charge in [-0.2, -0.15) is 0 Å². The number of esters is 1. The van der Waals surface area contributed by atoms with Crippen LogP contribution in [-0.4, -0.2) is 39.0 Å². The first-order valence-electron chi connectivity index (χ1n) is 9.53. The van der Waals surface area contributed by atoms with E-state index >= 15 is 0 Å². The summed E-state index contributed by atoms with van der Waals surface area (Å²) >= 11 is 0. The Labute approximate surface area is 162 Å². The summed E-state index contributed by atoms with van der Waals surface area (Å²) in [5.74, 6) is 1.83. The van der Waals surface area contributed by atoms with Gasteiger partial charge in [-0.05, 0) is 40.2 Å². The van der Waals surface area contributed by atoms with Crippen LogP contribution in [0.1, 0.15) is 46.6 Å². The Morgan fingerprint density at radius 3 is 2.07 bits per heavy atom. The van der Waals surface area contributed by atoms with Gasteiger partial charge < -0.3 is 23.7 Å². The van der Waals surface area contributed by atoms with E-state index in [1.165, 1.54) is 0 Å². The molecular formula is C21H32O6. The smallest absolute Gasteiger partial charge is 0.333 e. The molecule has 0 atom stereocenters. The van der Waals surface area contributed by atoms with Crippen molar-refractivity contribution in [3.63, 3.8) is 0 Å². The number of aryl methyl sites for hydroxylation is 1. The molecule has 0 radical (unpaired) electrons. The highest BCUT2D eigenvalue weighted by Gasteiger charge is 2.23. The van der Waals surface area contributed by atoms with Crippen LogP contribution in [0.25, 0.3) is 0 Å². The molecule has 0 saturated carbocycles. The molecule has 0 aliphatic rings. The Morgan fingerprint density at radius 1 is 0.889 bits per heavy atom. The number of hydrogen-bond donors (Lipinski definition) is 0. The van der Waals surface area contributed by atoms with Crippen LogP contribution in [0.3, 0.4) is 0 Å². The van der Waals surface area contributed by atoms with Gasteiger partial charge in [-0.25, -0.2) is 4.79 Å². The minimum Gasteiger partial charge on any atom is -0.490 e. The maximum atomic E-state index is 11.5. The molecule has 0 saturated heterocycles. The van der Waals surface area contributed by atoms with Crippen LogP contribution in [0.4, 0.5) is 0 Å². The first-order chi connectivity index (χ1) is 13.0. The molecule has 0 bridgehead atoms. The Hall–Kier alpha value is -2.37. The lowest BCUT2D eigenvalue weighted by molar-refractivity contribution is -0.139. The van der Waals surface area contributed by atoms with E-state index in [-0.39, 0.29) is 13.2 Å². The second kappa shape index (κ2) is 12.1. The zero-order chi connectivity index (χ0) is 20.2. The molecule has 0 spiro atoms. The van der Waals surface area contributed by atoms with E-state index in [9.17, 15) is 4.79 Å². The molecule has 152 valence electrons. The van der Waals surface area contributed by atoms with Crippen LogP contribution in [-0.2, 0) is 16.0 Å². The highest BCUT2D eigenvalue weighted by molar-refractivity contribution is 5.86. The lowest BCUT2D eigenvalue weighted by Gasteiger charge is -2.21. The first-order valence-corrected chi connectivity index (χ1v) is 9.53. The van der Waals surface area contributed by atoms with E-state index in [4.69, 9.17) is 23.7 Å². The summed E-state index contributed by atoms with van der Waals surface area (Å²) in [5.41, 5.74) is 1.37. The van der Waals surface area contributed by atoms with Crippen molar-refractivity contribution < 1.29 is 28.5 Å². The summed E-state index contributed by atoms with van der Waals surface area (Å²) in [4.78, 5) is 11.5. The molecule has 1 rings (SSSR count). The Kier molecular flexibility index (Phi) is 10.2. The van der Waals surface area contributed by atoms with Gasteiger partial charge in [-0.15, -0.1) is 0 Å². The minimum atomic E-state index is -0.443. The standard InChI is InChI=1S/C21H32O6/c1-7-11-16-14-17(23-8-2)19(20(25-10-4)18(16)24-9-3)26-12-13-27-21(22)15(5)6/h14H,5,7-13H2,1-4,6H3. The zero-order valence-corrected chi connectivity index (χ0v) is 17.2. The molecular weight excluding hydrogens is 348 g/mol. The summed E-state index contributed by atoms with van der Waals surface area (Å²) in [7, 11) is 0. The molecule has 1 aromatic rings. The van der Waals surface area contributed by atoms with Gasteiger partial charge in [0, 0.05) is 11.1 Å². The van der Waals surface area contributed by atoms with Crippen LogP contribution in [0, 0.1) is 0 Å². The fourth-order valence-electron chi connectivity index (χ4n) is 2.48. The average molecular weight is 380 g/mol. The van der Waals surface area contributed by atoms with E-state index in [0.29, 0.717) is 48.4 Å². The number of carbonyl (C=O) groups is 1. The molecule has 0 N–H and O–H groups in total. The fraction of sp³-hybridized carbons (Fsp3) is 0.571. The lowest BCUT2D eigenvalue weighted by atomic mass is 10.1. The van der Waals surface area contributed by atoms with Gasteiger partial charge in [0.2, 0.25) is 11.5 Å². The van der Waals surface area contributed by atoms with E-state index in [1.54, 1.807) is 6.92 Å². The Morgan fingerprint density at radius 2 is 1.52 bits per heavy atom. The third kappa shape index (κ3) is 6.70. The van der Waals surface area contributed by atoms with Gasteiger partial charge in [0.1, 0.15) is 13.2 Å². The monoisotopic (exact) mass is 380 g/mol. The second-order valence-corrected chi connectivity index (χ2v) is 5.83. The number of hydrogen-bond acceptors (Lipinski definition) is 6.